The maximum Gasteiger partial charge on any atom is 0.276 e. The lowest BCUT2D eigenvalue weighted by molar-refractivity contribution is -0.124. The van der Waals surface area contributed by atoms with Gasteiger partial charge in [0.15, 0.2) is 11.7 Å². The van der Waals surface area contributed by atoms with Gasteiger partial charge in [-0.1, -0.05) is 15.9 Å². The maximum atomic E-state index is 11.5. The molecule has 0 radical (unpaired) electrons. The molecule has 2 amide bonds. The minimum absolute atomic E-state index is 0.0191. The lowest BCUT2D eigenvalue weighted by Gasteiger charge is -2.11. The Bertz CT molecular complexity index is 537. The lowest BCUT2D eigenvalue weighted by Crippen LogP contribution is -2.49. The van der Waals surface area contributed by atoms with E-state index in [1.807, 2.05) is 19.1 Å². The Morgan fingerprint density at radius 3 is 2.65 bits per heavy atom. The SMILES string of the molecule is CC(=O)NC(=S)NNC(=O)COc1ccc(Br)cc1C. The summed E-state index contributed by atoms with van der Waals surface area (Å²) in [6, 6.07) is 5.48. The van der Waals surface area contributed by atoms with Crippen LogP contribution in [0, 0.1) is 6.92 Å². The van der Waals surface area contributed by atoms with Crippen LogP contribution in [-0.4, -0.2) is 23.5 Å². The molecule has 1 aromatic rings. The van der Waals surface area contributed by atoms with Crippen LogP contribution in [0.25, 0.3) is 0 Å². The first kappa shape index (κ1) is 16.4. The van der Waals surface area contributed by atoms with Crippen LogP contribution in [0.4, 0.5) is 0 Å². The van der Waals surface area contributed by atoms with E-state index in [2.05, 4.69) is 32.1 Å². The van der Waals surface area contributed by atoms with E-state index in [4.69, 9.17) is 17.0 Å². The van der Waals surface area contributed by atoms with Crippen molar-refractivity contribution in [1.29, 1.82) is 0 Å². The first-order valence-electron chi connectivity index (χ1n) is 5.64. The van der Waals surface area contributed by atoms with Gasteiger partial charge in [-0.3, -0.25) is 20.4 Å². The molecule has 0 atom stereocenters. The molecule has 0 fully saturated rings. The summed E-state index contributed by atoms with van der Waals surface area (Å²) >= 11 is 8.10. The zero-order valence-electron chi connectivity index (χ0n) is 11.0. The van der Waals surface area contributed by atoms with Gasteiger partial charge in [0.1, 0.15) is 5.75 Å². The number of aryl methyl sites for hydroxylation is 1. The number of carbonyl (C=O) groups is 2. The molecule has 0 saturated heterocycles. The van der Waals surface area contributed by atoms with E-state index in [0.717, 1.165) is 10.0 Å². The van der Waals surface area contributed by atoms with Crippen molar-refractivity contribution in [2.24, 2.45) is 0 Å². The van der Waals surface area contributed by atoms with Gasteiger partial charge < -0.3 is 10.1 Å². The second-order valence-corrected chi connectivity index (χ2v) is 5.21. The smallest absolute Gasteiger partial charge is 0.276 e. The van der Waals surface area contributed by atoms with Crippen LogP contribution < -0.4 is 20.9 Å². The van der Waals surface area contributed by atoms with Crippen molar-refractivity contribution in [2.45, 2.75) is 13.8 Å². The van der Waals surface area contributed by atoms with Gasteiger partial charge in [0.05, 0.1) is 0 Å². The second kappa shape index (κ2) is 7.81. The molecule has 0 spiro atoms. The van der Waals surface area contributed by atoms with E-state index in [0.29, 0.717) is 5.75 Å². The fraction of sp³-hybridized carbons (Fsp3) is 0.250. The zero-order chi connectivity index (χ0) is 15.1. The summed E-state index contributed by atoms with van der Waals surface area (Å²) in [5, 5.41) is 2.33. The third-order valence-corrected chi connectivity index (χ3v) is 2.80. The first-order valence-corrected chi connectivity index (χ1v) is 6.84. The number of ether oxygens (including phenoxy) is 1. The Kier molecular flexibility index (Phi) is 6.40. The second-order valence-electron chi connectivity index (χ2n) is 3.88. The quantitative estimate of drug-likeness (QED) is 0.557. The summed E-state index contributed by atoms with van der Waals surface area (Å²) < 4.78 is 6.30. The third kappa shape index (κ3) is 5.98. The van der Waals surface area contributed by atoms with E-state index in [-0.39, 0.29) is 17.6 Å². The van der Waals surface area contributed by atoms with E-state index < -0.39 is 5.91 Å². The molecule has 1 rings (SSSR count). The number of rotatable bonds is 3. The molecule has 20 heavy (non-hydrogen) atoms. The third-order valence-electron chi connectivity index (χ3n) is 2.10. The molecule has 0 unspecified atom stereocenters. The summed E-state index contributed by atoms with van der Waals surface area (Å²) in [6.45, 7) is 3.02. The molecule has 0 bridgehead atoms. The Morgan fingerprint density at radius 2 is 2.05 bits per heavy atom. The van der Waals surface area contributed by atoms with E-state index >= 15 is 0 Å². The van der Waals surface area contributed by atoms with Gasteiger partial charge in [-0.05, 0) is 42.9 Å². The lowest BCUT2D eigenvalue weighted by atomic mass is 10.2. The van der Waals surface area contributed by atoms with Crippen molar-refractivity contribution >= 4 is 45.1 Å². The molecule has 0 aromatic heterocycles. The summed E-state index contributed by atoms with van der Waals surface area (Å²) in [5.74, 6) is -0.119. The van der Waals surface area contributed by atoms with Gasteiger partial charge in [-0.2, -0.15) is 0 Å². The van der Waals surface area contributed by atoms with E-state index in [9.17, 15) is 9.59 Å². The summed E-state index contributed by atoms with van der Waals surface area (Å²) in [5.41, 5.74) is 5.61. The maximum absolute atomic E-state index is 11.5. The van der Waals surface area contributed by atoms with Crippen LogP contribution >= 0.6 is 28.1 Å². The van der Waals surface area contributed by atoms with Gasteiger partial charge >= 0.3 is 0 Å². The molecule has 0 aliphatic heterocycles. The molecule has 6 nitrogen and oxygen atoms in total. The Morgan fingerprint density at radius 1 is 1.35 bits per heavy atom. The van der Waals surface area contributed by atoms with Gasteiger partial charge in [0.25, 0.3) is 5.91 Å². The summed E-state index contributed by atoms with van der Waals surface area (Å²) in [4.78, 5) is 22.2. The minimum atomic E-state index is -0.417. The fourth-order valence-corrected chi connectivity index (χ4v) is 1.94. The van der Waals surface area contributed by atoms with Crippen molar-refractivity contribution < 1.29 is 14.3 Å². The molecule has 8 heteroatoms. The average molecular weight is 360 g/mol. The number of carbonyl (C=O) groups excluding carboxylic acids is 2. The van der Waals surface area contributed by atoms with Crippen LogP contribution in [0.15, 0.2) is 22.7 Å². The molecule has 0 aliphatic carbocycles. The summed E-state index contributed by atoms with van der Waals surface area (Å²) in [6.07, 6.45) is 0. The predicted octanol–water partition coefficient (Wildman–Crippen LogP) is 1.18. The van der Waals surface area contributed by atoms with Crippen LogP contribution in [0.3, 0.4) is 0 Å². The van der Waals surface area contributed by atoms with Crippen molar-refractivity contribution in [2.75, 3.05) is 6.61 Å². The van der Waals surface area contributed by atoms with Crippen molar-refractivity contribution in [3.63, 3.8) is 0 Å². The van der Waals surface area contributed by atoms with E-state index in [1.54, 1.807) is 6.07 Å². The number of benzene rings is 1. The van der Waals surface area contributed by atoms with Crippen LogP contribution in [0.2, 0.25) is 0 Å². The molecule has 108 valence electrons. The van der Waals surface area contributed by atoms with Gasteiger partial charge in [0.2, 0.25) is 5.91 Å². The number of hydrogen-bond acceptors (Lipinski definition) is 4. The van der Waals surface area contributed by atoms with E-state index in [1.165, 1.54) is 6.92 Å². The molecular weight excluding hydrogens is 346 g/mol. The largest absolute Gasteiger partial charge is 0.483 e. The summed E-state index contributed by atoms with van der Waals surface area (Å²) in [7, 11) is 0. The Balaban J connectivity index is 2.36. The zero-order valence-corrected chi connectivity index (χ0v) is 13.4. The topological polar surface area (TPSA) is 79.5 Å². The highest BCUT2D eigenvalue weighted by atomic mass is 79.9. The fourth-order valence-electron chi connectivity index (χ4n) is 1.27. The molecule has 0 saturated carbocycles. The number of hydrogen-bond donors (Lipinski definition) is 3. The van der Waals surface area contributed by atoms with Gasteiger partial charge in [-0.25, -0.2) is 0 Å². The van der Waals surface area contributed by atoms with Gasteiger partial charge in [-0.15, -0.1) is 0 Å². The Labute approximate surface area is 130 Å². The van der Waals surface area contributed by atoms with Crippen molar-refractivity contribution in [1.82, 2.24) is 16.2 Å². The van der Waals surface area contributed by atoms with Crippen molar-refractivity contribution in [3.05, 3.63) is 28.2 Å². The first-order chi connectivity index (χ1) is 9.38. The highest BCUT2D eigenvalue weighted by Crippen LogP contribution is 2.21. The monoisotopic (exact) mass is 359 g/mol. The Hall–Kier alpha value is -1.67. The molecule has 1 aromatic carbocycles. The van der Waals surface area contributed by atoms with Crippen LogP contribution in [0.5, 0.6) is 5.75 Å². The molecule has 0 aliphatic rings. The van der Waals surface area contributed by atoms with Crippen LogP contribution in [-0.2, 0) is 9.59 Å². The normalized spacial score (nSPS) is 9.55. The number of thiocarbonyl (C=S) groups is 1. The average Bonchev–Trinajstić information content (AvgIpc) is 2.34. The highest BCUT2D eigenvalue weighted by Gasteiger charge is 2.06. The number of halogens is 1. The number of amides is 2. The molecule has 3 N–H and O–H groups in total. The minimum Gasteiger partial charge on any atom is -0.483 e. The molecule has 0 heterocycles. The van der Waals surface area contributed by atoms with Gasteiger partial charge in [0, 0.05) is 11.4 Å². The van der Waals surface area contributed by atoms with Crippen molar-refractivity contribution in [3.8, 4) is 5.75 Å². The molecular formula is C12H14BrN3O3S. The number of nitrogens with one attached hydrogen (secondary N) is 3. The highest BCUT2D eigenvalue weighted by molar-refractivity contribution is 9.10. The number of hydrazine groups is 1. The standard InChI is InChI=1S/C12H14BrN3O3S/c1-7-5-9(13)3-4-10(7)19-6-11(18)15-16-12(20)14-8(2)17/h3-5H,6H2,1-2H3,(H,15,18)(H2,14,16,17,20). The van der Waals surface area contributed by atoms with Crippen LogP contribution in [0.1, 0.15) is 12.5 Å². The predicted molar refractivity (Wildman–Crippen MR) is 82.1 cm³/mol.